The summed E-state index contributed by atoms with van der Waals surface area (Å²) in [5, 5.41) is 6.32. The SMILES string of the molecule is CCc1nc(CN2CCN(CC(=O)Nc3ccccc3)CC2)cs1. The maximum absolute atomic E-state index is 12.1. The minimum absolute atomic E-state index is 0.0572. The molecule has 2 heterocycles. The molecule has 0 radical (unpaired) electrons. The van der Waals surface area contributed by atoms with Crippen LogP contribution in [0.1, 0.15) is 17.6 Å². The monoisotopic (exact) mass is 344 g/mol. The molecule has 0 unspecified atom stereocenters. The highest BCUT2D eigenvalue weighted by molar-refractivity contribution is 7.09. The van der Waals surface area contributed by atoms with E-state index < -0.39 is 0 Å². The molecule has 24 heavy (non-hydrogen) atoms. The zero-order valence-electron chi connectivity index (χ0n) is 14.1. The first-order chi connectivity index (χ1) is 11.7. The molecule has 0 spiro atoms. The molecular weight excluding hydrogens is 320 g/mol. The van der Waals surface area contributed by atoms with E-state index in [9.17, 15) is 4.79 Å². The number of aromatic nitrogens is 1. The normalized spacial score (nSPS) is 16.2. The highest BCUT2D eigenvalue weighted by atomic mass is 32.1. The fraction of sp³-hybridized carbons (Fsp3) is 0.444. The third-order valence-corrected chi connectivity index (χ3v) is 5.22. The van der Waals surface area contributed by atoms with E-state index in [1.54, 1.807) is 11.3 Å². The number of benzene rings is 1. The van der Waals surface area contributed by atoms with Crippen molar-refractivity contribution in [2.75, 3.05) is 38.0 Å². The predicted molar refractivity (Wildman–Crippen MR) is 98.3 cm³/mol. The van der Waals surface area contributed by atoms with Gasteiger partial charge in [0.1, 0.15) is 0 Å². The lowest BCUT2D eigenvalue weighted by Crippen LogP contribution is -2.48. The Balaban J connectivity index is 1.41. The van der Waals surface area contributed by atoms with Gasteiger partial charge in [-0.25, -0.2) is 4.98 Å². The van der Waals surface area contributed by atoms with Crippen molar-refractivity contribution in [1.82, 2.24) is 14.8 Å². The van der Waals surface area contributed by atoms with Gasteiger partial charge in [0.05, 0.1) is 17.2 Å². The topological polar surface area (TPSA) is 48.5 Å². The molecule has 1 aromatic carbocycles. The molecule has 1 aliphatic rings. The van der Waals surface area contributed by atoms with Gasteiger partial charge < -0.3 is 5.32 Å². The van der Waals surface area contributed by atoms with Crippen LogP contribution >= 0.6 is 11.3 Å². The molecule has 1 saturated heterocycles. The molecule has 1 N–H and O–H groups in total. The smallest absolute Gasteiger partial charge is 0.238 e. The highest BCUT2D eigenvalue weighted by Gasteiger charge is 2.19. The zero-order chi connectivity index (χ0) is 16.8. The summed E-state index contributed by atoms with van der Waals surface area (Å²) in [5.74, 6) is 0.0572. The van der Waals surface area contributed by atoms with Gasteiger partial charge in [-0.2, -0.15) is 0 Å². The zero-order valence-corrected chi connectivity index (χ0v) is 14.9. The number of thiazole rings is 1. The quantitative estimate of drug-likeness (QED) is 0.874. The lowest BCUT2D eigenvalue weighted by molar-refractivity contribution is -0.117. The van der Waals surface area contributed by atoms with Crippen molar-refractivity contribution >= 4 is 22.9 Å². The van der Waals surface area contributed by atoms with Crippen molar-refractivity contribution in [1.29, 1.82) is 0 Å². The molecule has 1 aromatic heterocycles. The number of rotatable bonds is 6. The number of piperazine rings is 1. The molecule has 1 fully saturated rings. The Hall–Kier alpha value is -1.76. The minimum Gasteiger partial charge on any atom is -0.325 e. The maximum Gasteiger partial charge on any atom is 0.238 e. The summed E-state index contributed by atoms with van der Waals surface area (Å²) >= 11 is 1.75. The Morgan fingerprint density at radius 1 is 1.17 bits per heavy atom. The second-order valence-corrected chi connectivity index (χ2v) is 7.00. The first-order valence-corrected chi connectivity index (χ1v) is 9.34. The lowest BCUT2D eigenvalue weighted by atomic mass is 10.3. The van der Waals surface area contributed by atoms with Crippen molar-refractivity contribution < 1.29 is 4.79 Å². The average molecular weight is 344 g/mol. The number of hydrogen-bond donors (Lipinski definition) is 1. The summed E-state index contributed by atoms with van der Waals surface area (Å²) in [5.41, 5.74) is 2.03. The van der Waals surface area contributed by atoms with E-state index in [1.165, 1.54) is 10.7 Å². The summed E-state index contributed by atoms with van der Waals surface area (Å²) in [6, 6.07) is 9.62. The molecular formula is C18H24N4OS. The number of para-hydroxylation sites is 1. The molecule has 0 bridgehead atoms. The number of carbonyl (C=O) groups excluding carboxylic acids is 1. The van der Waals surface area contributed by atoms with Crippen LogP contribution in [0.2, 0.25) is 0 Å². The first kappa shape index (κ1) is 17.1. The van der Waals surface area contributed by atoms with Crippen molar-refractivity contribution in [3.63, 3.8) is 0 Å². The minimum atomic E-state index is 0.0572. The summed E-state index contributed by atoms with van der Waals surface area (Å²) in [7, 11) is 0. The Labute approximate surface area is 147 Å². The van der Waals surface area contributed by atoms with E-state index >= 15 is 0 Å². The van der Waals surface area contributed by atoms with Gasteiger partial charge in [0.25, 0.3) is 0 Å². The van der Waals surface area contributed by atoms with Gasteiger partial charge in [-0.3, -0.25) is 14.6 Å². The summed E-state index contributed by atoms with van der Waals surface area (Å²) in [4.78, 5) is 21.4. The van der Waals surface area contributed by atoms with Crippen LogP contribution in [0.5, 0.6) is 0 Å². The summed E-state index contributed by atoms with van der Waals surface area (Å²) in [6.45, 7) is 7.33. The van der Waals surface area contributed by atoms with E-state index in [1.807, 2.05) is 30.3 Å². The number of amides is 1. The van der Waals surface area contributed by atoms with Gasteiger partial charge in [-0.15, -0.1) is 11.3 Å². The molecule has 6 heteroatoms. The lowest BCUT2D eigenvalue weighted by Gasteiger charge is -2.33. The van der Waals surface area contributed by atoms with Gasteiger partial charge in [-0.1, -0.05) is 25.1 Å². The van der Waals surface area contributed by atoms with E-state index in [0.717, 1.165) is 44.8 Å². The highest BCUT2D eigenvalue weighted by Crippen LogP contribution is 2.13. The van der Waals surface area contributed by atoms with E-state index in [0.29, 0.717) is 6.54 Å². The molecule has 3 rings (SSSR count). The second-order valence-electron chi connectivity index (χ2n) is 6.05. The van der Waals surface area contributed by atoms with Gasteiger partial charge in [0.2, 0.25) is 5.91 Å². The molecule has 128 valence electrons. The van der Waals surface area contributed by atoms with Crippen LogP contribution in [-0.2, 0) is 17.8 Å². The molecule has 1 aliphatic heterocycles. The Bertz CT molecular complexity index is 650. The Kier molecular flexibility index (Phi) is 5.96. The third-order valence-electron chi connectivity index (χ3n) is 4.18. The first-order valence-electron chi connectivity index (χ1n) is 8.46. The Morgan fingerprint density at radius 2 is 1.88 bits per heavy atom. The van der Waals surface area contributed by atoms with Gasteiger partial charge >= 0.3 is 0 Å². The predicted octanol–water partition coefficient (Wildman–Crippen LogP) is 2.46. The summed E-state index contributed by atoms with van der Waals surface area (Å²) < 4.78 is 0. The number of nitrogens with one attached hydrogen (secondary N) is 1. The van der Waals surface area contributed by atoms with Crippen LogP contribution < -0.4 is 5.32 Å². The van der Waals surface area contributed by atoms with Crippen LogP contribution in [0.3, 0.4) is 0 Å². The number of hydrogen-bond acceptors (Lipinski definition) is 5. The van der Waals surface area contributed by atoms with Gasteiger partial charge in [0.15, 0.2) is 0 Å². The van der Waals surface area contributed by atoms with Crippen molar-refractivity contribution in [3.05, 3.63) is 46.4 Å². The van der Waals surface area contributed by atoms with E-state index in [2.05, 4.69) is 32.4 Å². The second kappa shape index (κ2) is 8.37. The Morgan fingerprint density at radius 3 is 2.54 bits per heavy atom. The average Bonchev–Trinajstić information content (AvgIpc) is 3.05. The molecule has 1 amide bonds. The molecule has 0 aliphatic carbocycles. The molecule has 0 atom stereocenters. The standard InChI is InChI=1S/C18H24N4OS/c1-2-18-20-16(14-24-18)12-21-8-10-22(11-9-21)13-17(23)19-15-6-4-3-5-7-15/h3-7,14H,2,8-13H2,1H3,(H,19,23). The van der Waals surface area contributed by atoms with Gasteiger partial charge in [0, 0.05) is 43.8 Å². The van der Waals surface area contributed by atoms with Crippen molar-refractivity contribution in [3.8, 4) is 0 Å². The van der Waals surface area contributed by atoms with Crippen molar-refractivity contribution in [2.24, 2.45) is 0 Å². The van der Waals surface area contributed by atoms with Crippen LogP contribution in [0, 0.1) is 0 Å². The van der Waals surface area contributed by atoms with Crippen molar-refractivity contribution in [2.45, 2.75) is 19.9 Å². The number of carbonyl (C=O) groups is 1. The number of aryl methyl sites for hydroxylation is 1. The number of anilines is 1. The third kappa shape index (κ3) is 4.87. The molecule has 2 aromatic rings. The van der Waals surface area contributed by atoms with Crippen LogP contribution in [-0.4, -0.2) is 53.4 Å². The van der Waals surface area contributed by atoms with E-state index in [-0.39, 0.29) is 5.91 Å². The molecule has 0 saturated carbocycles. The molecule has 5 nitrogen and oxygen atoms in total. The summed E-state index contributed by atoms with van der Waals surface area (Å²) in [6.07, 6.45) is 1.01. The van der Waals surface area contributed by atoms with Gasteiger partial charge in [-0.05, 0) is 18.6 Å². The maximum atomic E-state index is 12.1. The fourth-order valence-corrected chi connectivity index (χ4v) is 3.58. The number of nitrogens with zero attached hydrogens (tertiary/aromatic N) is 3. The van der Waals surface area contributed by atoms with Crippen LogP contribution in [0.15, 0.2) is 35.7 Å². The van der Waals surface area contributed by atoms with Crippen LogP contribution in [0.4, 0.5) is 5.69 Å². The largest absolute Gasteiger partial charge is 0.325 e. The van der Waals surface area contributed by atoms with Crippen LogP contribution in [0.25, 0.3) is 0 Å². The fourth-order valence-electron chi connectivity index (χ4n) is 2.84. The van der Waals surface area contributed by atoms with E-state index in [4.69, 9.17) is 0 Å².